The predicted octanol–water partition coefficient (Wildman–Crippen LogP) is 0.541. The molecule has 0 saturated heterocycles. The van der Waals surface area contributed by atoms with Crippen LogP contribution in [0, 0.1) is 6.92 Å². The molecule has 0 radical (unpaired) electrons. The monoisotopic (exact) mass is 276 g/mol. The SMILES string of the molecule is COc1ccc(C)cc1-n1c(=O)cc(C(=O)O)[nH]c1=O. The lowest BCUT2D eigenvalue weighted by Crippen LogP contribution is -2.35. The Morgan fingerprint density at radius 2 is 2.00 bits per heavy atom. The number of hydrogen-bond donors (Lipinski definition) is 2. The van der Waals surface area contributed by atoms with Crippen LogP contribution < -0.4 is 16.0 Å². The average Bonchev–Trinajstić information content (AvgIpc) is 2.38. The normalized spacial score (nSPS) is 10.3. The van der Waals surface area contributed by atoms with E-state index in [2.05, 4.69) is 4.98 Å². The lowest BCUT2D eigenvalue weighted by atomic mass is 10.2. The molecule has 7 heteroatoms. The molecule has 2 rings (SSSR count). The number of carbonyl (C=O) groups is 1. The fraction of sp³-hybridized carbons (Fsp3) is 0.154. The Hall–Kier alpha value is -2.83. The number of rotatable bonds is 3. The van der Waals surface area contributed by atoms with E-state index in [0.717, 1.165) is 16.2 Å². The van der Waals surface area contributed by atoms with Crippen LogP contribution in [-0.2, 0) is 0 Å². The van der Waals surface area contributed by atoms with Gasteiger partial charge in [0.05, 0.1) is 12.8 Å². The number of benzene rings is 1. The van der Waals surface area contributed by atoms with E-state index in [4.69, 9.17) is 9.84 Å². The number of aryl methyl sites for hydroxylation is 1. The highest BCUT2D eigenvalue weighted by atomic mass is 16.5. The van der Waals surface area contributed by atoms with Crippen LogP contribution in [0.25, 0.3) is 5.69 Å². The topological polar surface area (TPSA) is 101 Å². The summed E-state index contributed by atoms with van der Waals surface area (Å²) in [6, 6.07) is 5.86. The van der Waals surface area contributed by atoms with E-state index in [1.807, 2.05) is 0 Å². The summed E-state index contributed by atoms with van der Waals surface area (Å²) in [5.74, 6) is -1.03. The van der Waals surface area contributed by atoms with Crippen molar-refractivity contribution in [3.8, 4) is 11.4 Å². The first-order chi connectivity index (χ1) is 9.43. The molecule has 1 aromatic carbocycles. The number of H-pyrrole nitrogens is 1. The minimum atomic E-state index is -1.37. The number of ether oxygens (including phenoxy) is 1. The first-order valence-corrected chi connectivity index (χ1v) is 5.68. The van der Waals surface area contributed by atoms with Gasteiger partial charge in [-0.05, 0) is 24.6 Å². The van der Waals surface area contributed by atoms with Crippen molar-refractivity contribution >= 4 is 5.97 Å². The molecule has 1 aromatic heterocycles. The Morgan fingerprint density at radius 1 is 1.30 bits per heavy atom. The molecule has 1 heterocycles. The van der Waals surface area contributed by atoms with E-state index in [9.17, 15) is 14.4 Å². The molecule has 0 spiro atoms. The Balaban J connectivity index is 2.77. The van der Waals surface area contributed by atoms with Crippen LogP contribution >= 0.6 is 0 Å². The minimum absolute atomic E-state index is 0.260. The van der Waals surface area contributed by atoms with Gasteiger partial charge in [-0.1, -0.05) is 6.07 Å². The second-order valence-electron chi connectivity index (χ2n) is 4.14. The maximum absolute atomic E-state index is 12.0. The van der Waals surface area contributed by atoms with Crippen molar-refractivity contribution in [2.24, 2.45) is 0 Å². The summed E-state index contributed by atoms with van der Waals surface area (Å²) in [6.45, 7) is 1.80. The summed E-state index contributed by atoms with van der Waals surface area (Å²) in [5.41, 5.74) is -0.943. The number of nitrogens with one attached hydrogen (secondary N) is 1. The van der Waals surface area contributed by atoms with Crippen molar-refractivity contribution in [3.05, 3.63) is 56.4 Å². The quantitative estimate of drug-likeness (QED) is 0.852. The van der Waals surface area contributed by atoms with Crippen molar-refractivity contribution in [2.45, 2.75) is 6.92 Å². The number of aromatic nitrogens is 2. The van der Waals surface area contributed by atoms with Gasteiger partial charge in [-0.25, -0.2) is 14.2 Å². The Kier molecular flexibility index (Phi) is 3.43. The molecule has 0 saturated carbocycles. The molecule has 0 atom stereocenters. The average molecular weight is 276 g/mol. The van der Waals surface area contributed by atoms with Crippen LogP contribution in [-0.4, -0.2) is 27.7 Å². The molecule has 2 aromatic rings. The smallest absolute Gasteiger partial charge is 0.352 e. The van der Waals surface area contributed by atoms with Crippen molar-refractivity contribution in [1.82, 2.24) is 9.55 Å². The molecule has 0 amide bonds. The number of carboxylic acids is 1. The highest BCUT2D eigenvalue weighted by Gasteiger charge is 2.14. The van der Waals surface area contributed by atoms with Gasteiger partial charge in [-0.2, -0.15) is 0 Å². The van der Waals surface area contributed by atoms with Crippen LogP contribution in [0.15, 0.2) is 33.9 Å². The second kappa shape index (κ2) is 5.04. The molecular weight excluding hydrogens is 264 g/mol. The maximum Gasteiger partial charge on any atom is 0.352 e. The zero-order valence-electron chi connectivity index (χ0n) is 10.8. The fourth-order valence-corrected chi connectivity index (χ4v) is 1.81. The zero-order chi connectivity index (χ0) is 14.9. The highest BCUT2D eigenvalue weighted by Crippen LogP contribution is 2.21. The van der Waals surface area contributed by atoms with Crippen molar-refractivity contribution in [3.63, 3.8) is 0 Å². The number of aromatic carboxylic acids is 1. The second-order valence-corrected chi connectivity index (χ2v) is 4.14. The first kappa shape index (κ1) is 13.6. The molecule has 0 aliphatic rings. The van der Waals surface area contributed by atoms with E-state index in [0.29, 0.717) is 5.75 Å². The number of hydrogen-bond acceptors (Lipinski definition) is 4. The molecule has 0 aliphatic heterocycles. The van der Waals surface area contributed by atoms with Gasteiger partial charge >= 0.3 is 11.7 Å². The third kappa shape index (κ3) is 2.33. The summed E-state index contributed by atoms with van der Waals surface area (Å²) in [5, 5.41) is 8.80. The lowest BCUT2D eigenvalue weighted by Gasteiger charge is -2.10. The molecule has 0 bridgehead atoms. The van der Waals surface area contributed by atoms with Gasteiger partial charge in [0.15, 0.2) is 0 Å². The third-order valence-electron chi connectivity index (χ3n) is 2.74. The molecule has 0 unspecified atom stereocenters. The fourth-order valence-electron chi connectivity index (χ4n) is 1.81. The summed E-state index contributed by atoms with van der Waals surface area (Å²) in [7, 11) is 1.42. The maximum atomic E-state index is 12.0. The number of aromatic amines is 1. The van der Waals surface area contributed by atoms with E-state index in [1.54, 1.807) is 25.1 Å². The molecule has 0 aliphatic carbocycles. The van der Waals surface area contributed by atoms with Gasteiger partial charge in [0.25, 0.3) is 5.56 Å². The van der Waals surface area contributed by atoms with Gasteiger partial charge in [0.2, 0.25) is 0 Å². The Bertz CT molecular complexity index is 757. The Labute approximate surface area is 113 Å². The van der Waals surface area contributed by atoms with Crippen molar-refractivity contribution in [1.29, 1.82) is 0 Å². The summed E-state index contributed by atoms with van der Waals surface area (Å²) < 4.78 is 5.95. The van der Waals surface area contributed by atoms with Crippen LogP contribution in [0.3, 0.4) is 0 Å². The van der Waals surface area contributed by atoms with E-state index >= 15 is 0 Å². The van der Waals surface area contributed by atoms with Gasteiger partial charge in [-0.3, -0.25) is 4.79 Å². The number of nitrogens with zero attached hydrogens (tertiary/aromatic N) is 1. The highest BCUT2D eigenvalue weighted by molar-refractivity contribution is 5.84. The largest absolute Gasteiger partial charge is 0.495 e. The summed E-state index contributed by atoms with van der Waals surface area (Å²) >= 11 is 0. The van der Waals surface area contributed by atoms with Crippen LogP contribution in [0.1, 0.15) is 16.1 Å². The number of carboxylic acid groups (broad SMARTS) is 1. The standard InChI is InChI=1S/C13H12N2O5/c1-7-3-4-10(20-2)9(5-7)15-11(16)6-8(12(17)18)14-13(15)19/h3-6H,1-2H3,(H,14,19)(H,17,18). The lowest BCUT2D eigenvalue weighted by molar-refractivity contribution is 0.0689. The van der Waals surface area contributed by atoms with Gasteiger partial charge in [0.1, 0.15) is 11.4 Å². The third-order valence-corrected chi connectivity index (χ3v) is 2.74. The van der Waals surface area contributed by atoms with Gasteiger partial charge < -0.3 is 14.8 Å². The summed E-state index contributed by atoms with van der Waals surface area (Å²) in [6.07, 6.45) is 0. The van der Waals surface area contributed by atoms with Gasteiger partial charge in [-0.15, -0.1) is 0 Å². The molecule has 0 fully saturated rings. The zero-order valence-corrected chi connectivity index (χ0v) is 10.8. The van der Waals surface area contributed by atoms with Gasteiger partial charge in [0, 0.05) is 6.07 Å². The summed E-state index contributed by atoms with van der Waals surface area (Å²) in [4.78, 5) is 36.8. The van der Waals surface area contributed by atoms with Crippen LogP contribution in [0.5, 0.6) is 5.75 Å². The number of methoxy groups -OCH3 is 1. The molecule has 2 N–H and O–H groups in total. The minimum Gasteiger partial charge on any atom is -0.495 e. The van der Waals surface area contributed by atoms with E-state index in [-0.39, 0.29) is 5.69 Å². The molecule has 7 nitrogen and oxygen atoms in total. The van der Waals surface area contributed by atoms with E-state index in [1.165, 1.54) is 7.11 Å². The Morgan fingerprint density at radius 3 is 2.55 bits per heavy atom. The molecular formula is C13H12N2O5. The van der Waals surface area contributed by atoms with Crippen molar-refractivity contribution < 1.29 is 14.6 Å². The van der Waals surface area contributed by atoms with Crippen LogP contribution in [0.2, 0.25) is 0 Å². The first-order valence-electron chi connectivity index (χ1n) is 5.68. The van der Waals surface area contributed by atoms with Crippen LogP contribution in [0.4, 0.5) is 0 Å². The molecule has 104 valence electrons. The van der Waals surface area contributed by atoms with E-state index < -0.39 is 22.9 Å². The van der Waals surface area contributed by atoms with Crippen molar-refractivity contribution in [2.75, 3.05) is 7.11 Å². The predicted molar refractivity (Wildman–Crippen MR) is 70.9 cm³/mol. The molecule has 20 heavy (non-hydrogen) atoms.